The number of ether oxygens (including phenoxy) is 3. The molecular weight excluding hydrogens is 305 g/mol. The largest absolute Gasteiger partial charge is 0.574 e. The smallest absolute Gasteiger partial charge is 0.481 e. The summed E-state index contributed by atoms with van der Waals surface area (Å²) < 4.78 is 74.8. The number of carbonyl (C=O) groups excluding carboxylic acids is 1. The third kappa shape index (κ3) is 4.43. The predicted octanol–water partition coefficient (Wildman–Crippen LogP) is 3.10. The van der Waals surface area contributed by atoms with Gasteiger partial charge in [-0.2, -0.15) is 4.98 Å². The van der Waals surface area contributed by atoms with Crippen LogP contribution in [-0.2, 0) is 4.74 Å². The van der Waals surface area contributed by atoms with Crippen LogP contribution in [0.1, 0.15) is 29.3 Å². The molecule has 0 saturated heterocycles. The van der Waals surface area contributed by atoms with E-state index >= 15 is 0 Å². The second kappa shape index (κ2) is 6.55. The van der Waals surface area contributed by atoms with Gasteiger partial charge in [0.05, 0.1) is 19.3 Å². The van der Waals surface area contributed by atoms with Crippen molar-refractivity contribution in [2.75, 3.05) is 13.7 Å². The van der Waals surface area contributed by atoms with E-state index in [0.717, 1.165) is 7.11 Å². The van der Waals surface area contributed by atoms with E-state index in [1.165, 1.54) is 6.92 Å². The van der Waals surface area contributed by atoms with Crippen molar-refractivity contribution < 1.29 is 41.0 Å². The number of rotatable bonds is 5. The monoisotopic (exact) mass is 315 g/mol. The number of nitrogens with zero attached hydrogens (tertiary/aromatic N) is 1. The van der Waals surface area contributed by atoms with E-state index in [0.29, 0.717) is 6.07 Å². The van der Waals surface area contributed by atoms with Gasteiger partial charge in [-0.15, -0.1) is 13.2 Å². The van der Waals surface area contributed by atoms with Crippen molar-refractivity contribution in [1.82, 2.24) is 4.98 Å². The molecule has 0 amide bonds. The van der Waals surface area contributed by atoms with Gasteiger partial charge in [0.15, 0.2) is 0 Å². The van der Waals surface area contributed by atoms with E-state index in [2.05, 4.69) is 19.2 Å². The van der Waals surface area contributed by atoms with Crippen LogP contribution in [0.15, 0.2) is 6.07 Å². The van der Waals surface area contributed by atoms with Gasteiger partial charge in [-0.25, -0.2) is 13.6 Å². The number of aromatic nitrogens is 1. The molecule has 0 aliphatic carbocycles. The first kappa shape index (κ1) is 16.9. The van der Waals surface area contributed by atoms with Gasteiger partial charge in [-0.3, -0.25) is 0 Å². The minimum atomic E-state index is -5.16. The number of esters is 1. The third-order valence-electron chi connectivity index (χ3n) is 2.12. The molecule has 0 radical (unpaired) electrons. The molecule has 1 rings (SSSR count). The molecule has 0 unspecified atom stereocenters. The molecule has 21 heavy (non-hydrogen) atoms. The highest BCUT2D eigenvalue weighted by molar-refractivity contribution is 5.92. The quantitative estimate of drug-likeness (QED) is 0.617. The van der Waals surface area contributed by atoms with Gasteiger partial charge >= 0.3 is 12.3 Å². The van der Waals surface area contributed by atoms with Crippen LogP contribution in [0.25, 0.3) is 0 Å². The molecule has 0 spiro atoms. The third-order valence-corrected chi connectivity index (χ3v) is 2.12. The van der Waals surface area contributed by atoms with Crippen molar-refractivity contribution in [3.63, 3.8) is 0 Å². The van der Waals surface area contributed by atoms with Crippen molar-refractivity contribution in [3.05, 3.63) is 17.2 Å². The van der Waals surface area contributed by atoms with Crippen LogP contribution in [0.4, 0.5) is 22.0 Å². The van der Waals surface area contributed by atoms with Gasteiger partial charge in [0.25, 0.3) is 6.43 Å². The maximum Gasteiger partial charge on any atom is 0.574 e. The van der Waals surface area contributed by atoms with Crippen molar-refractivity contribution in [2.24, 2.45) is 0 Å². The highest BCUT2D eigenvalue weighted by atomic mass is 19.4. The van der Waals surface area contributed by atoms with Gasteiger partial charge in [0.1, 0.15) is 5.56 Å². The van der Waals surface area contributed by atoms with Crippen LogP contribution in [0.5, 0.6) is 11.8 Å². The van der Waals surface area contributed by atoms with Crippen LogP contribution in [-0.4, -0.2) is 31.0 Å². The Labute approximate surface area is 115 Å². The number of methoxy groups -OCH3 is 1. The minimum absolute atomic E-state index is 0.166. The molecule has 0 saturated carbocycles. The summed E-state index contributed by atoms with van der Waals surface area (Å²) in [5, 5.41) is 0. The van der Waals surface area contributed by atoms with Crippen molar-refractivity contribution >= 4 is 5.97 Å². The summed E-state index contributed by atoms with van der Waals surface area (Å²) in [6.45, 7) is 1.23. The molecule has 1 heterocycles. The normalized spacial score (nSPS) is 11.4. The van der Waals surface area contributed by atoms with Crippen LogP contribution in [0.2, 0.25) is 0 Å². The molecule has 1 aromatic rings. The molecule has 0 atom stereocenters. The Morgan fingerprint density at radius 1 is 1.33 bits per heavy atom. The fourth-order valence-corrected chi connectivity index (χ4v) is 1.36. The summed E-state index contributed by atoms with van der Waals surface area (Å²) in [6, 6.07) is 0.496. The van der Waals surface area contributed by atoms with E-state index in [4.69, 9.17) is 0 Å². The predicted molar refractivity (Wildman–Crippen MR) is 58.4 cm³/mol. The van der Waals surface area contributed by atoms with Crippen LogP contribution in [0, 0.1) is 0 Å². The number of carbonyl (C=O) groups is 1. The van der Waals surface area contributed by atoms with Crippen LogP contribution >= 0.6 is 0 Å². The lowest BCUT2D eigenvalue weighted by molar-refractivity contribution is -0.276. The first-order chi connectivity index (χ1) is 9.69. The standard InChI is InChI=1S/C11H10F5NO4/c1-3-20-10(18)6-4-5(7(12)13)8(19-2)17-9(6)21-11(14,15)16/h4,7H,3H2,1-2H3. The molecule has 5 nitrogen and oxygen atoms in total. The molecule has 0 N–H and O–H groups in total. The fraction of sp³-hybridized carbons (Fsp3) is 0.455. The number of alkyl halides is 5. The Morgan fingerprint density at radius 3 is 2.38 bits per heavy atom. The van der Waals surface area contributed by atoms with E-state index in [1.54, 1.807) is 0 Å². The molecule has 0 aliphatic rings. The molecular formula is C11H10F5NO4. The first-order valence-corrected chi connectivity index (χ1v) is 5.49. The molecule has 0 bridgehead atoms. The lowest BCUT2D eigenvalue weighted by Crippen LogP contribution is -2.21. The van der Waals surface area contributed by atoms with Crippen molar-refractivity contribution in [1.29, 1.82) is 0 Å². The number of halogens is 5. The summed E-state index contributed by atoms with van der Waals surface area (Å²) in [7, 11) is 0.940. The average Bonchev–Trinajstić information content (AvgIpc) is 2.36. The highest BCUT2D eigenvalue weighted by Crippen LogP contribution is 2.34. The topological polar surface area (TPSA) is 57.7 Å². The maximum absolute atomic E-state index is 12.8. The Bertz CT molecular complexity index is 518. The number of pyridine rings is 1. The summed E-state index contributed by atoms with van der Waals surface area (Å²) in [5.41, 5.74) is -1.72. The average molecular weight is 315 g/mol. The maximum atomic E-state index is 12.8. The first-order valence-electron chi connectivity index (χ1n) is 5.49. The van der Waals surface area contributed by atoms with Gasteiger partial charge < -0.3 is 14.2 Å². The zero-order valence-electron chi connectivity index (χ0n) is 10.8. The van der Waals surface area contributed by atoms with E-state index in [-0.39, 0.29) is 6.61 Å². The number of hydrogen-bond acceptors (Lipinski definition) is 5. The van der Waals surface area contributed by atoms with Crippen LogP contribution < -0.4 is 9.47 Å². The zero-order chi connectivity index (χ0) is 16.2. The van der Waals surface area contributed by atoms with E-state index in [1.807, 2.05) is 0 Å². The second-order valence-corrected chi connectivity index (χ2v) is 3.51. The lowest BCUT2D eigenvalue weighted by atomic mass is 10.2. The summed E-state index contributed by atoms with van der Waals surface area (Å²) in [5.74, 6) is -3.27. The summed E-state index contributed by atoms with van der Waals surface area (Å²) in [6.07, 6.45) is -8.27. The molecule has 1 aromatic heterocycles. The fourth-order valence-electron chi connectivity index (χ4n) is 1.36. The Morgan fingerprint density at radius 2 is 1.95 bits per heavy atom. The Hall–Kier alpha value is -2.13. The molecule has 118 valence electrons. The van der Waals surface area contributed by atoms with Crippen LogP contribution in [0.3, 0.4) is 0 Å². The molecule has 0 fully saturated rings. The summed E-state index contributed by atoms with van der Waals surface area (Å²) in [4.78, 5) is 14.7. The van der Waals surface area contributed by atoms with Crippen molar-refractivity contribution in [2.45, 2.75) is 19.7 Å². The molecule has 0 aliphatic heterocycles. The SMILES string of the molecule is CCOC(=O)c1cc(C(F)F)c(OC)nc1OC(F)(F)F. The van der Waals surface area contributed by atoms with Gasteiger partial charge in [0.2, 0.25) is 11.8 Å². The molecule has 10 heteroatoms. The Kier molecular flexibility index (Phi) is 5.28. The molecule has 0 aromatic carbocycles. The van der Waals surface area contributed by atoms with E-state index in [9.17, 15) is 26.7 Å². The Balaban J connectivity index is 3.40. The van der Waals surface area contributed by atoms with Gasteiger partial charge in [0, 0.05) is 0 Å². The number of hydrogen-bond donors (Lipinski definition) is 0. The van der Waals surface area contributed by atoms with Gasteiger partial charge in [-0.1, -0.05) is 0 Å². The van der Waals surface area contributed by atoms with Gasteiger partial charge in [-0.05, 0) is 13.0 Å². The zero-order valence-corrected chi connectivity index (χ0v) is 10.8. The van der Waals surface area contributed by atoms with E-state index < -0.39 is 41.6 Å². The second-order valence-electron chi connectivity index (χ2n) is 3.51. The highest BCUT2D eigenvalue weighted by Gasteiger charge is 2.35. The summed E-state index contributed by atoms with van der Waals surface area (Å²) >= 11 is 0. The lowest BCUT2D eigenvalue weighted by Gasteiger charge is -2.15. The minimum Gasteiger partial charge on any atom is -0.481 e. The van der Waals surface area contributed by atoms with Crippen molar-refractivity contribution in [3.8, 4) is 11.8 Å².